The monoisotopic (exact) mass is 240 g/mol. The Morgan fingerprint density at radius 2 is 2.00 bits per heavy atom. The molecule has 2 aromatic rings. The summed E-state index contributed by atoms with van der Waals surface area (Å²) in [6.45, 7) is 0.371. The van der Waals surface area contributed by atoms with E-state index in [9.17, 15) is 0 Å². The summed E-state index contributed by atoms with van der Waals surface area (Å²) < 4.78 is 10.6. The average molecular weight is 240 g/mol. The van der Waals surface area contributed by atoms with Crippen LogP contribution in [0.2, 0.25) is 0 Å². The van der Waals surface area contributed by atoms with E-state index in [0.717, 1.165) is 5.56 Å². The van der Waals surface area contributed by atoms with Gasteiger partial charge in [0.15, 0.2) is 5.56 Å². The van der Waals surface area contributed by atoms with E-state index in [1.165, 1.54) is 7.11 Å². The molecule has 2 rings (SSSR count). The van der Waals surface area contributed by atoms with Crippen LogP contribution in [-0.2, 0) is 6.61 Å². The van der Waals surface area contributed by atoms with Crippen LogP contribution in [0.1, 0.15) is 11.1 Å². The van der Waals surface area contributed by atoms with E-state index in [1.54, 1.807) is 12.3 Å². The Bertz CT molecular complexity index is 562. The normalized spacial score (nSPS) is 9.56. The van der Waals surface area contributed by atoms with Gasteiger partial charge < -0.3 is 9.47 Å². The Labute approximate surface area is 105 Å². The number of ether oxygens (including phenoxy) is 2. The van der Waals surface area contributed by atoms with Crippen LogP contribution in [0, 0.1) is 11.3 Å². The molecule has 0 aliphatic carbocycles. The van der Waals surface area contributed by atoms with Gasteiger partial charge in [0, 0.05) is 12.3 Å². The number of nitriles is 1. The summed E-state index contributed by atoms with van der Waals surface area (Å²) in [7, 11) is 1.51. The third-order valence-corrected chi connectivity index (χ3v) is 2.43. The molecule has 0 spiro atoms. The molecule has 18 heavy (non-hydrogen) atoms. The Morgan fingerprint density at radius 3 is 2.67 bits per heavy atom. The van der Waals surface area contributed by atoms with Gasteiger partial charge in [-0.1, -0.05) is 30.3 Å². The molecule has 0 amide bonds. The zero-order valence-electron chi connectivity index (χ0n) is 9.96. The SMILES string of the molecule is COc1ccnc(OCc2ccccc2)c1C#N. The van der Waals surface area contributed by atoms with Crippen molar-refractivity contribution in [2.75, 3.05) is 7.11 Å². The third-order valence-electron chi connectivity index (χ3n) is 2.43. The fourth-order valence-electron chi connectivity index (χ4n) is 1.53. The van der Waals surface area contributed by atoms with E-state index in [-0.39, 0.29) is 0 Å². The van der Waals surface area contributed by atoms with Gasteiger partial charge in [-0.2, -0.15) is 5.26 Å². The number of hydrogen-bond donors (Lipinski definition) is 0. The summed E-state index contributed by atoms with van der Waals surface area (Å²) in [6, 6.07) is 13.4. The second-order valence-electron chi connectivity index (χ2n) is 3.58. The minimum Gasteiger partial charge on any atom is -0.495 e. The third kappa shape index (κ3) is 2.58. The Hall–Kier alpha value is -2.54. The van der Waals surface area contributed by atoms with Gasteiger partial charge in [-0.25, -0.2) is 4.98 Å². The Kier molecular flexibility index (Phi) is 3.77. The number of nitrogens with zero attached hydrogens (tertiary/aromatic N) is 2. The van der Waals surface area contributed by atoms with Crippen molar-refractivity contribution in [3.05, 3.63) is 53.7 Å². The Morgan fingerprint density at radius 1 is 1.22 bits per heavy atom. The van der Waals surface area contributed by atoms with Crippen LogP contribution >= 0.6 is 0 Å². The average Bonchev–Trinajstić information content (AvgIpc) is 2.45. The minimum atomic E-state index is 0.292. The topological polar surface area (TPSA) is 55.1 Å². The lowest BCUT2D eigenvalue weighted by Gasteiger charge is -2.09. The molecular formula is C14H12N2O2. The fraction of sp³-hybridized carbons (Fsp3) is 0.143. The molecule has 4 heteroatoms. The van der Waals surface area contributed by atoms with Crippen LogP contribution < -0.4 is 9.47 Å². The van der Waals surface area contributed by atoms with Crippen LogP contribution in [0.4, 0.5) is 0 Å². The molecule has 1 aromatic carbocycles. The minimum absolute atomic E-state index is 0.292. The van der Waals surface area contributed by atoms with Gasteiger partial charge in [0.2, 0.25) is 5.88 Å². The lowest BCUT2D eigenvalue weighted by atomic mass is 10.2. The summed E-state index contributed by atoms with van der Waals surface area (Å²) in [4.78, 5) is 4.05. The molecule has 0 fully saturated rings. The number of rotatable bonds is 4. The Balaban J connectivity index is 2.17. The first-order valence-electron chi connectivity index (χ1n) is 5.45. The van der Waals surface area contributed by atoms with Crippen molar-refractivity contribution in [3.8, 4) is 17.7 Å². The number of hydrogen-bond acceptors (Lipinski definition) is 4. The molecule has 90 valence electrons. The predicted octanol–water partition coefficient (Wildman–Crippen LogP) is 2.54. The van der Waals surface area contributed by atoms with Gasteiger partial charge in [0.05, 0.1) is 7.11 Å². The first-order chi connectivity index (χ1) is 8.85. The van der Waals surface area contributed by atoms with Gasteiger partial charge in [0.1, 0.15) is 18.4 Å². The van der Waals surface area contributed by atoms with Gasteiger partial charge >= 0.3 is 0 Å². The molecule has 0 unspecified atom stereocenters. The van der Waals surface area contributed by atoms with Gasteiger partial charge in [0.25, 0.3) is 0 Å². The van der Waals surface area contributed by atoms with Crippen LogP contribution in [0.3, 0.4) is 0 Å². The maximum Gasteiger partial charge on any atom is 0.235 e. The van der Waals surface area contributed by atoms with E-state index in [2.05, 4.69) is 4.98 Å². The van der Waals surface area contributed by atoms with Crippen LogP contribution in [0.25, 0.3) is 0 Å². The van der Waals surface area contributed by atoms with Crippen molar-refractivity contribution >= 4 is 0 Å². The fourth-order valence-corrected chi connectivity index (χ4v) is 1.53. The van der Waals surface area contributed by atoms with Crippen molar-refractivity contribution in [1.82, 2.24) is 4.98 Å². The van der Waals surface area contributed by atoms with E-state index < -0.39 is 0 Å². The van der Waals surface area contributed by atoms with Gasteiger partial charge in [-0.05, 0) is 5.56 Å². The molecule has 0 saturated carbocycles. The molecule has 0 N–H and O–H groups in total. The first kappa shape index (κ1) is 11.9. The zero-order valence-corrected chi connectivity index (χ0v) is 9.96. The second-order valence-corrected chi connectivity index (χ2v) is 3.58. The van der Waals surface area contributed by atoms with Crippen LogP contribution in [-0.4, -0.2) is 12.1 Å². The summed E-state index contributed by atoms with van der Waals surface area (Å²) in [5.41, 5.74) is 1.34. The van der Waals surface area contributed by atoms with Crippen molar-refractivity contribution in [3.63, 3.8) is 0 Å². The molecule has 1 aromatic heterocycles. The number of aromatic nitrogens is 1. The molecule has 0 aliphatic rings. The molecule has 0 bridgehead atoms. The highest BCUT2D eigenvalue weighted by molar-refractivity contribution is 5.48. The quantitative estimate of drug-likeness (QED) is 0.824. The molecule has 4 nitrogen and oxygen atoms in total. The number of pyridine rings is 1. The smallest absolute Gasteiger partial charge is 0.235 e. The van der Waals surface area contributed by atoms with Crippen LogP contribution in [0.5, 0.6) is 11.6 Å². The number of methoxy groups -OCH3 is 1. The predicted molar refractivity (Wildman–Crippen MR) is 66.3 cm³/mol. The molecule has 1 heterocycles. The lowest BCUT2D eigenvalue weighted by Crippen LogP contribution is -2.00. The first-order valence-corrected chi connectivity index (χ1v) is 5.45. The maximum atomic E-state index is 9.08. The summed E-state index contributed by atoms with van der Waals surface area (Å²) in [6.07, 6.45) is 1.56. The van der Waals surface area contributed by atoms with E-state index in [0.29, 0.717) is 23.8 Å². The second kappa shape index (κ2) is 5.69. The van der Waals surface area contributed by atoms with Crippen molar-refractivity contribution in [1.29, 1.82) is 5.26 Å². The summed E-state index contributed by atoms with van der Waals surface area (Å²) >= 11 is 0. The van der Waals surface area contributed by atoms with Crippen molar-refractivity contribution in [2.45, 2.75) is 6.61 Å². The summed E-state index contributed by atoms with van der Waals surface area (Å²) in [5, 5.41) is 9.08. The van der Waals surface area contributed by atoms with Crippen molar-refractivity contribution in [2.24, 2.45) is 0 Å². The van der Waals surface area contributed by atoms with E-state index >= 15 is 0 Å². The van der Waals surface area contributed by atoms with E-state index in [1.807, 2.05) is 36.4 Å². The van der Waals surface area contributed by atoms with E-state index in [4.69, 9.17) is 14.7 Å². The molecule has 0 radical (unpaired) electrons. The molecule has 0 aliphatic heterocycles. The largest absolute Gasteiger partial charge is 0.495 e. The molecule has 0 atom stereocenters. The standard InChI is InChI=1S/C14H12N2O2/c1-17-13-7-8-16-14(12(13)9-15)18-10-11-5-3-2-4-6-11/h2-8H,10H2,1H3. The highest BCUT2D eigenvalue weighted by Crippen LogP contribution is 2.25. The zero-order chi connectivity index (χ0) is 12.8. The summed E-state index contributed by atoms with van der Waals surface area (Å²) in [5.74, 6) is 0.760. The molecule has 0 saturated heterocycles. The maximum absolute atomic E-state index is 9.08. The van der Waals surface area contributed by atoms with Gasteiger partial charge in [-0.3, -0.25) is 0 Å². The number of benzene rings is 1. The van der Waals surface area contributed by atoms with Crippen molar-refractivity contribution < 1.29 is 9.47 Å². The molecular weight excluding hydrogens is 228 g/mol. The highest BCUT2D eigenvalue weighted by Gasteiger charge is 2.11. The van der Waals surface area contributed by atoms with Gasteiger partial charge in [-0.15, -0.1) is 0 Å². The van der Waals surface area contributed by atoms with Crippen LogP contribution in [0.15, 0.2) is 42.6 Å². The highest BCUT2D eigenvalue weighted by atomic mass is 16.5. The lowest BCUT2D eigenvalue weighted by molar-refractivity contribution is 0.290.